The fourth-order valence-electron chi connectivity index (χ4n) is 1.50. The molecule has 0 saturated heterocycles. The highest BCUT2D eigenvalue weighted by molar-refractivity contribution is 6.33. The fourth-order valence-corrected chi connectivity index (χ4v) is 1.67. The van der Waals surface area contributed by atoms with Crippen molar-refractivity contribution in [1.82, 2.24) is 4.98 Å². The highest BCUT2D eigenvalue weighted by Gasteiger charge is 2.16. The van der Waals surface area contributed by atoms with Crippen LogP contribution in [-0.2, 0) is 0 Å². The van der Waals surface area contributed by atoms with Crippen molar-refractivity contribution in [1.29, 1.82) is 0 Å². The molecule has 0 saturated carbocycles. The maximum Gasteiger partial charge on any atom is 0.292 e. The van der Waals surface area contributed by atoms with Crippen LogP contribution in [0.5, 0.6) is 0 Å². The molecule has 1 heterocycles. The summed E-state index contributed by atoms with van der Waals surface area (Å²) in [6, 6.07) is 6.96. The lowest BCUT2D eigenvalue weighted by atomic mass is 10.1. The smallest absolute Gasteiger partial charge is 0.292 e. The lowest BCUT2D eigenvalue weighted by molar-refractivity contribution is -0.383. The first-order chi connectivity index (χ1) is 9.49. The lowest BCUT2D eigenvalue weighted by Crippen LogP contribution is -2.13. The van der Waals surface area contributed by atoms with Gasteiger partial charge in [-0.15, -0.1) is 0 Å². The molecule has 0 spiro atoms. The van der Waals surface area contributed by atoms with E-state index in [1.54, 1.807) is 12.1 Å². The second-order valence-electron chi connectivity index (χ2n) is 3.82. The number of carbonyl (C=O) groups is 1. The van der Waals surface area contributed by atoms with Crippen molar-refractivity contribution < 1.29 is 9.72 Å². The van der Waals surface area contributed by atoms with Gasteiger partial charge in [0.05, 0.1) is 9.95 Å². The summed E-state index contributed by atoms with van der Waals surface area (Å²) in [5, 5.41) is 13.5. The standard InChI is InChI=1S/C12H9ClN4O3/c13-8-2-1-5-15-11(8)16-12(18)7-3-4-9(14)10(6-7)17(19)20/h1-6H,14H2,(H,15,16,18). The van der Waals surface area contributed by atoms with Crippen molar-refractivity contribution in [3.05, 3.63) is 57.2 Å². The predicted molar refractivity (Wildman–Crippen MR) is 74.7 cm³/mol. The molecule has 0 unspecified atom stereocenters. The van der Waals surface area contributed by atoms with Gasteiger partial charge in [-0.2, -0.15) is 0 Å². The lowest BCUT2D eigenvalue weighted by Gasteiger charge is -2.06. The molecule has 0 aliphatic carbocycles. The van der Waals surface area contributed by atoms with E-state index in [1.165, 1.54) is 18.3 Å². The van der Waals surface area contributed by atoms with Gasteiger partial charge in [-0.1, -0.05) is 11.6 Å². The number of benzene rings is 1. The van der Waals surface area contributed by atoms with Gasteiger partial charge in [0.25, 0.3) is 11.6 Å². The maximum atomic E-state index is 12.0. The molecule has 0 bridgehead atoms. The van der Waals surface area contributed by atoms with Gasteiger partial charge in [0.2, 0.25) is 0 Å². The summed E-state index contributed by atoms with van der Waals surface area (Å²) in [5.41, 5.74) is 5.21. The molecule has 0 fully saturated rings. The third-order valence-corrected chi connectivity index (χ3v) is 2.78. The molecule has 0 aliphatic rings. The van der Waals surface area contributed by atoms with Gasteiger partial charge < -0.3 is 11.1 Å². The van der Waals surface area contributed by atoms with Crippen LogP contribution in [0.25, 0.3) is 0 Å². The zero-order chi connectivity index (χ0) is 14.7. The van der Waals surface area contributed by atoms with Gasteiger partial charge in [0.15, 0.2) is 5.82 Å². The minimum Gasteiger partial charge on any atom is -0.393 e. The molecule has 20 heavy (non-hydrogen) atoms. The molecule has 8 heteroatoms. The Hall–Kier alpha value is -2.67. The number of nitrogen functional groups attached to an aromatic ring is 1. The van der Waals surface area contributed by atoms with Crippen LogP contribution in [0.1, 0.15) is 10.4 Å². The Labute approximate surface area is 118 Å². The number of hydrogen-bond donors (Lipinski definition) is 2. The number of nitro groups is 1. The quantitative estimate of drug-likeness (QED) is 0.513. The summed E-state index contributed by atoms with van der Waals surface area (Å²) in [5.74, 6) is -0.382. The summed E-state index contributed by atoms with van der Waals surface area (Å²) in [4.78, 5) is 26.0. The summed E-state index contributed by atoms with van der Waals surface area (Å²) >= 11 is 5.86. The van der Waals surface area contributed by atoms with E-state index < -0.39 is 10.8 Å². The molecule has 2 rings (SSSR count). The number of hydrogen-bond acceptors (Lipinski definition) is 5. The molecule has 7 nitrogen and oxygen atoms in total. The Bertz CT molecular complexity index is 690. The zero-order valence-electron chi connectivity index (χ0n) is 10.0. The molecule has 1 aromatic heterocycles. The number of carbonyl (C=O) groups excluding carboxylic acids is 1. The summed E-state index contributed by atoms with van der Waals surface area (Å²) in [6.45, 7) is 0. The predicted octanol–water partition coefficient (Wildman–Crippen LogP) is 2.48. The largest absolute Gasteiger partial charge is 0.393 e. The molecule has 1 aromatic carbocycles. The first kappa shape index (κ1) is 13.8. The van der Waals surface area contributed by atoms with Crippen LogP contribution in [0.3, 0.4) is 0 Å². The van der Waals surface area contributed by atoms with Crippen LogP contribution < -0.4 is 11.1 Å². The van der Waals surface area contributed by atoms with Crippen LogP contribution in [0.4, 0.5) is 17.2 Å². The van der Waals surface area contributed by atoms with E-state index in [4.69, 9.17) is 17.3 Å². The number of anilines is 2. The van der Waals surface area contributed by atoms with E-state index in [-0.39, 0.29) is 27.8 Å². The first-order valence-corrected chi connectivity index (χ1v) is 5.82. The Morgan fingerprint density at radius 2 is 2.15 bits per heavy atom. The average molecular weight is 293 g/mol. The number of halogens is 1. The molecular weight excluding hydrogens is 284 g/mol. The molecule has 0 atom stereocenters. The second-order valence-corrected chi connectivity index (χ2v) is 4.23. The van der Waals surface area contributed by atoms with Crippen LogP contribution >= 0.6 is 11.6 Å². The van der Waals surface area contributed by atoms with Crippen LogP contribution in [0.2, 0.25) is 5.02 Å². The van der Waals surface area contributed by atoms with Gasteiger partial charge in [-0.3, -0.25) is 14.9 Å². The van der Waals surface area contributed by atoms with E-state index in [2.05, 4.69) is 10.3 Å². The van der Waals surface area contributed by atoms with E-state index in [9.17, 15) is 14.9 Å². The Morgan fingerprint density at radius 1 is 1.40 bits per heavy atom. The number of rotatable bonds is 3. The molecule has 3 N–H and O–H groups in total. The highest BCUT2D eigenvalue weighted by atomic mass is 35.5. The van der Waals surface area contributed by atoms with Crippen molar-refractivity contribution in [2.45, 2.75) is 0 Å². The molecule has 1 amide bonds. The second kappa shape index (κ2) is 5.54. The van der Waals surface area contributed by atoms with Gasteiger partial charge in [0.1, 0.15) is 5.69 Å². The van der Waals surface area contributed by atoms with Gasteiger partial charge in [-0.25, -0.2) is 4.98 Å². The summed E-state index contributed by atoms with van der Waals surface area (Å²) in [6.07, 6.45) is 1.47. The normalized spacial score (nSPS) is 10.1. The molecule has 0 radical (unpaired) electrons. The SMILES string of the molecule is Nc1ccc(C(=O)Nc2ncccc2Cl)cc1[N+](=O)[O-]. The number of nitro benzene ring substituents is 1. The first-order valence-electron chi connectivity index (χ1n) is 5.45. The minimum atomic E-state index is -0.653. The number of pyridine rings is 1. The molecule has 0 aliphatic heterocycles. The van der Waals surface area contributed by atoms with Crippen molar-refractivity contribution in [2.24, 2.45) is 0 Å². The van der Waals surface area contributed by atoms with Crippen LogP contribution in [0, 0.1) is 10.1 Å². The monoisotopic (exact) mass is 292 g/mol. The zero-order valence-corrected chi connectivity index (χ0v) is 10.8. The summed E-state index contributed by atoms with van der Waals surface area (Å²) in [7, 11) is 0. The average Bonchev–Trinajstić information content (AvgIpc) is 2.41. The Balaban J connectivity index is 2.28. The number of nitrogens with one attached hydrogen (secondary N) is 1. The number of nitrogens with two attached hydrogens (primary N) is 1. The van der Waals surface area contributed by atoms with Crippen molar-refractivity contribution >= 4 is 34.7 Å². The molecular formula is C12H9ClN4O3. The summed E-state index contributed by atoms with van der Waals surface area (Å²) < 4.78 is 0. The van der Waals surface area contributed by atoms with Gasteiger partial charge >= 0.3 is 0 Å². The van der Waals surface area contributed by atoms with Crippen molar-refractivity contribution in [3.63, 3.8) is 0 Å². The fraction of sp³-hybridized carbons (Fsp3) is 0. The minimum absolute atomic E-state index is 0.0116. The number of aromatic nitrogens is 1. The van der Waals surface area contributed by atoms with E-state index in [0.29, 0.717) is 0 Å². The molecule has 102 valence electrons. The van der Waals surface area contributed by atoms with E-state index in [0.717, 1.165) is 6.07 Å². The number of nitrogens with zero attached hydrogens (tertiary/aromatic N) is 2. The van der Waals surface area contributed by atoms with Crippen molar-refractivity contribution in [2.75, 3.05) is 11.1 Å². The highest BCUT2D eigenvalue weighted by Crippen LogP contribution is 2.23. The van der Waals surface area contributed by atoms with Gasteiger partial charge in [0, 0.05) is 17.8 Å². The maximum absolute atomic E-state index is 12.0. The van der Waals surface area contributed by atoms with E-state index >= 15 is 0 Å². The van der Waals surface area contributed by atoms with Gasteiger partial charge in [-0.05, 0) is 24.3 Å². The number of amides is 1. The van der Waals surface area contributed by atoms with Crippen LogP contribution in [-0.4, -0.2) is 15.8 Å². The van der Waals surface area contributed by atoms with Crippen LogP contribution in [0.15, 0.2) is 36.5 Å². The third kappa shape index (κ3) is 2.83. The third-order valence-electron chi connectivity index (χ3n) is 2.48. The molecule has 2 aromatic rings. The Morgan fingerprint density at radius 3 is 2.80 bits per heavy atom. The van der Waals surface area contributed by atoms with E-state index in [1.807, 2.05) is 0 Å². The Kier molecular flexibility index (Phi) is 3.81. The topological polar surface area (TPSA) is 111 Å². The van der Waals surface area contributed by atoms with Crippen molar-refractivity contribution in [3.8, 4) is 0 Å².